The Morgan fingerprint density at radius 3 is 2.77 bits per heavy atom. The first kappa shape index (κ1) is 14.5. The Bertz CT molecular complexity index is 699. The van der Waals surface area contributed by atoms with E-state index in [1.807, 2.05) is 15.8 Å². The van der Waals surface area contributed by atoms with Gasteiger partial charge in [0.05, 0.1) is 11.8 Å². The van der Waals surface area contributed by atoms with Crippen molar-refractivity contribution in [1.82, 2.24) is 24.9 Å². The highest BCUT2D eigenvalue weighted by molar-refractivity contribution is 5.95. The molecule has 3 rings (SSSR count). The number of rotatable bonds is 3. The van der Waals surface area contributed by atoms with E-state index in [0.29, 0.717) is 17.2 Å². The van der Waals surface area contributed by atoms with Gasteiger partial charge < -0.3 is 9.88 Å². The standard InChI is InChI=1S/C15H19N5O2/c1-11-13(2-3-14(21)17-11)15(22)19-7-4-12(5-8-19)10-20-9-6-16-18-20/h2-3,6,9,12H,4-5,7-8,10H2,1H3,(H,17,21). The number of aryl methyl sites for hydroxylation is 1. The van der Waals surface area contributed by atoms with Crippen molar-refractivity contribution in [1.29, 1.82) is 0 Å². The van der Waals surface area contributed by atoms with Gasteiger partial charge in [0, 0.05) is 37.6 Å². The van der Waals surface area contributed by atoms with Gasteiger partial charge in [-0.25, -0.2) is 0 Å². The second-order valence-electron chi connectivity index (χ2n) is 5.72. The predicted molar refractivity (Wildman–Crippen MR) is 80.4 cm³/mol. The molecule has 1 fully saturated rings. The Hall–Kier alpha value is -2.44. The molecule has 0 unspecified atom stereocenters. The summed E-state index contributed by atoms with van der Waals surface area (Å²) in [5, 5.41) is 7.79. The molecule has 1 aliphatic heterocycles. The average molecular weight is 301 g/mol. The number of hydrogen-bond donors (Lipinski definition) is 1. The van der Waals surface area contributed by atoms with Crippen molar-refractivity contribution in [3.05, 3.63) is 46.1 Å². The summed E-state index contributed by atoms with van der Waals surface area (Å²) in [5.41, 5.74) is 1.03. The molecule has 2 aromatic heterocycles. The fourth-order valence-electron chi connectivity index (χ4n) is 2.89. The summed E-state index contributed by atoms with van der Waals surface area (Å²) in [5.74, 6) is 0.510. The van der Waals surface area contributed by atoms with Crippen LogP contribution in [0.15, 0.2) is 29.3 Å². The molecule has 0 bridgehead atoms. The van der Waals surface area contributed by atoms with Gasteiger partial charge in [-0.05, 0) is 31.7 Å². The summed E-state index contributed by atoms with van der Waals surface area (Å²) in [4.78, 5) is 28.3. The number of nitrogens with zero attached hydrogens (tertiary/aromatic N) is 4. The van der Waals surface area contributed by atoms with Gasteiger partial charge >= 0.3 is 0 Å². The Morgan fingerprint density at radius 1 is 1.36 bits per heavy atom. The van der Waals surface area contributed by atoms with E-state index in [2.05, 4.69) is 15.3 Å². The first-order chi connectivity index (χ1) is 10.6. The van der Waals surface area contributed by atoms with Crippen LogP contribution in [0.2, 0.25) is 0 Å². The minimum Gasteiger partial charge on any atom is -0.339 e. The summed E-state index contributed by atoms with van der Waals surface area (Å²) in [6.07, 6.45) is 5.45. The van der Waals surface area contributed by atoms with Crippen LogP contribution in [0.3, 0.4) is 0 Å². The molecule has 0 aromatic carbocycles. The minimum atomic E-state index is -0.180. The first-order valence-electron chi connectivity index (χ1n) is 7.47. The molecular weight excluding hydrogens is 282 g/mol. The Morgan fingerprint density at radius 2 is 2.14 bits per heavy atom. The quantitative estimate of drug-likeness (QED) is 0.910. The SMILES string of the molecule is Cc1[nH]c(=O)ccc1C(=O)N1CCC(Cn2ccnn2)CC1. The van der Waals surface area contributed by atoms with Crippen LogP contribution in [0.4, 0.5) is 0 Å². The van der Waals surface area contributed by atoms with Crippen molar-refractivity contribution >= 4 is 5.91 Å². The molecule has 0 radical (unpaired) electrons. The highest BCUT2D eigenvalue weighted by Crippen LogP contribution is 2.20. The summed E-state index contributed by atoms with van der Waals surface area (Å²) in [6.45, 7) is 4.07. The highest BCUT2D eigenvalue weighted by Gasteiger charge is 2.25. The third-order valence-electron chi connectivity index (χ3n) is 4.17. The van der Waals surface area contributed by atoms with Gasteiger partial charge in [-0.1, -0.05) is 5.21 Å². The van der Waals surface area contributed by atoms with Gasteiger partial charge in [0.1, 0.15) is 0 Å². The maximum absolute atomic E-state index is 12.5. The molecule has 1 amide bonds. The number of aromatic amines is 1. The summed E-state index contributed by atoms with van der Waals surface area (Å²) in [6, 6.07) is 3.01. The molecule has 7 heteroatoms. The first-order valence-corrected chi connectivity index (χ1v) is 7.47. The number of piperidine rings is 1. The van der Waals surface area contributed by atoms with Crippen LogP contribution in [0.5, 0.6) is 0 Å². The van der Waals surface area contributed by atoms with Crippen LogP contribution in [0.25, 0.3) is 0 Å². The van der Waals surface area contributed by atoms with Crippen molar-refractivity contribution in [2.45, 2.75) is 26.3 Å². The highest BCUT2D eigenvalue weighted by atomic mass is 16.2. The second kappa shape index (κ2) is 6.13. The van der Waals surface area contributed by atoms with Gasteiger partial charge in [-0.2, -0.15) is 0 Å². The van der Waals surface area contributed by atoms with Crippen LogP contribution in [-0.4, -0.2) is 43.9 Å². The van der Waals surface area contributed by atoms with Gasteiger partial charge in [-0.3, -0.25) is 14.3 Å². The normalized spacial score (nSPS) is 16.0. The van der Waals surface area contributed by atoms with Crippen LogP contribution in [0, 0.1) is 12.8 Å². The zero-order chi connectivity index (χ0) is 15.5. The third kappa shape index (κ3) is 3.08. The number of carbonyl (C=O) groups is 1. The Balaban J connectivity index is 1.61. The second-order valence-corrected chi connectivity index (χ2v) is 5.72. The van der Waals surface area contributed by atoms with E-state index < -0.39 is 0 Å². The molecule has 1 aliphatic rings. The molecule has 0 saturated carbocycles. The molecule has 0 atom stereocenters. The summed E-state index contributed by atoms with van der Waals surface area (Å²) < 4.78 is 1.84. The lowest BCUT2D eigenvalue weighted by Crippen LogP contribution is -2.40. The number of H-pyrrole nitrogens is 1. The van der Waals surface area contributed by atoms with Crippen molar-refractivity contribution in [3.63, 3.8) is 0 Å². The molecule has 116 valence electrons. The van der Waals surface area contributed by atoms with Crippen LogP contribution in [-0.2, 0) is 6.54 Å². The van der Waals surface area contributed by atoms with Crippen molar-refractivity contribution in [2.24, 2.45) is 5.92 Å². The third-order valence-corrected chi connectivity index (χ3v) is 4.17. The van der Waals surface area contributed by atoms with E-state index >= 15 is 0 Å². The maximum Gasteiger partial charge on any atom is 0.255 e. The topological polar surface area (TPSA) is 83.9 Å². The molecule has 2 aromatic rings. The number of hydrogen-bond acceptors (Lipinski definition) is 4. The number of nitrogens with one attached hydrogen (secondary N) is 1. The minimum absolute atomic E-state index is 0.00652. The fraction of sp³-hybridized carbons (Fsp3) is 0.467. The fourth-order valence-corrected chi connectivity index (χ4v) is 2.89. The maximum atomic E-state index is 12.5. The molecular formula is C15H19N5O2. The van der Waals surface area contributed by atoms with Crippen molar-refractivity contribution in [3.8, 4) is 0 Å². The lowest BCUT2D eigenvalue weighted by molar-refractivity contribution is 0.0679. The lowest BCUT2D eigenvalue weighted by Gasteiger charge is -2.32. The molecule has 3 heterocycles. The van der Waals surface area contributed by atoms with Crippen LogP contribution >= 0.6 is 0 Å². The Labute approximate surface area is 128 Å². The van der Waals surface area contributed by atoms with Crippen molar-refractivity contribution < 1.29 is 4.79 Å². The number of carbonyl (C=O) groups excluding carboxylic acids is 1. The zero-order valence-electron chi connectivity index (χ0n) is 12.5. The van der Waals surface area contributed by atoms with E-state index in [4.69, 9.17) is 0 Å². The molecule has 22 heavy (non-hydrogen) atoms. The largest absolute Gasteiger partial charge is 0.339 e. The number of likely N-dealkylation sites (tertiary alicyclic amines) is 1. The monoisotopic (exact) mass is 301 g/mol. The number of aromatic nitrogens is 4. The van der Waals surface area contributed by atoms with Crippen molar-refractivity contribution in [2.75, 3.05) is 13.1 Å². The number of pyridine rings is 1. The smallest absolute Gasteiger partial charge is 0.255 e. The molecule has 0 aliphatic carbocycles. The van der Waals surface area contributed by atoms with E-state index in [9.17, 15) is 9.59 Å². The molecule has 7 nitrogen and oxygen atoms in total. The van der Waals surface area contributed by atoms with Crippen LogP contribution < -0.4 is 5.56 Å². The van der Waals surface area contributed by atoms with Gasteiger partial charge in [0.2, 0.25) is 5.56 Å². The van der Waals surface area contributed by atoms with E-state index in [1.54, 1.807) is 19.2 Å². The summed E-state index contributed by atoms with van der Waals surface area (Å²) in [7, 11) is 0. The molecule has 1 saturated heterocycles. The predicted octanol–water partition coefficient (Wildman–Crippen LogP) is 0.827. The van der Waals surface area contributed by atoms with Crippen LogP contribution in [0.1, 0.15) is 28.9 Å². The van der Waals surface area contributed by atoms with E-state index in [0.717, 1.165) is 32.5 Å². The van der Waals surface area contributed by atoms with Gasteiger partial charge in [0.25, 0.3) is 5.91 Å². The zero-order valence-corrected chi connectivity index (χ0v) is 12.5. The number of amides is 1. The average Bonchev–Trinajstić information content (AvgIpc) is 3.00. The van der Waals surface area contributed by atoms with E-state index in [1.165, 1.54) is 6.07 Å². The van der Waals surface area contributed by atoms with Gasteiger partial charge in [0.15, 0.2) is 0 Å². The summed E-state index contributed by atoms with van der Waals surface area (Å²) >= 11 is 0. The lowest BCUT2D eigenvalue weighted by atomic mass is 9.96. The molecule has 1 N–H and O–H groups in total. The Kier molecular flexibility index (Phi) is 4.04. The molecule has 0 spiro atoms. The van der Waals surface area contributed by atoms with Gasteiger partial charge in [-0.15, -0.1) is 5.10 Å². The van der Waals surface area contributed by atoms with E-state index in [-0.39, 0.29) is 11.5 Å².